The molecule has 2 rings (SSSR count). The molecule has 21 heavy (non-hydrogen) atoms. The lowest BCUT2D eigenvalue weighted by Crippen LogP contribution is -2.54. The quantitative estimate of drug-likeness (QED) is 0.708. The van der Waals surface area contributed by atoms with E-state index in [0.29, 0.717) is 18.8 Å². The lowest BCUT2D eigenvalue weighted by Gasteiger charge is -2.32. The highest BCUT2D eigenvalue weighted by Gasteiger charge is 2.25. The smallest absolute Gasteiger partial charge is 0.237 e. The van der Waals surface area contributed by atoms with Gasteiger partial charge in [0, 0.05) is 26.1 Å². The summed E-state index contributed by atoms with van der Waals surface area (Å²) in [5.41, 5.74) is 6.21. The summed E-state index contributed by atoms with van der Waals surface area (Å²) in [7, 11) is 0. The Morgan fingerprint density at radius 1 is 1.57 bits per heavy atom. The second-order valence-electron chi connectivity index (χ2n) is 5.03. The van der Waals surface area contributed by atoms with Crippen LogP contribution in [-0.2, 0) is 9.59 Å². The van der Waals surface area contributed by atoms with E-state index in [1.165, 1.54) is 12.1 Å². The van der Waals surface area contributed by atoms with Crippen LogP contribution < -0.4 is 16.4 Å². The number of carbonyl (C=O) groups excluding carboxylic acids is 2. The lowest BCUT2D eigenvalue weighted by atomic mass is 10.2. The molecule has 7 heteroatoms. The van der Waals surface area contributed by atoms with E-state index in [-0.39, 0.29) is 30.0 Å². The van der Waals surface area contributed by atoms with Crippen LogP contribution in [-0.4, -0.2) is 42.4 Å². The molecule has 4 N–H and O–H groups in total. The van der Waals surface area contributed by atoms with Gasteiger partial charge >= 0.3 is 0 Å². The average Bonchev–Trinajstić information content (AvgIpc) is 2.43. The Morgan fingerprint density at radius 3 is 3.05 bits per heavy atom. The maximum Gasteiger partial charge on any atom is 0.237 e. The van der Waals surface area contributed by atoms with Crippen LogP contribution in [0, 0.1) is 5.82 Å². The summed E-state index contributed by atoms with van der Waals surface area (Å²) in [4.78, 5) is 25.4. The predicted molar refractivity (Wildman–Crippen MR) is 78.1 cm³/mol. The number of piperazine rings is 1. The van der Waals surface area contributed by atoms with Crippen molar-refractivity contribution in [1.29, 1.82) is 0 Å². The molecule has 1 saturated heterocycles. The molecule has 0 aromatic heterocycles. The molecule has 1 fully saturated rings. The fraction of sp³-hybridized carbons (Fsp3) is 0.429. The largest absolute Gasteiger partial charge is 0.397 e. The Bertz CT molecular complexity index is 550. The summed E-state index contributed by atoms with van der Waals surface area (Å²) in [5.74, 6) is -0.686. The normalized spacial score (nSPS) is 19.1. The van der Waals surface area contributed by atoms with Crippen molar-refractivity contribution >= 4 is 23.2 Å². The van der Waals surface area contributed by atoms with Gasteiger partial charge in [-0.15, -0.1) is 0 Å². The monoisotopic (exact) mass is 294 g/mol. The van der Waals surface area contributed by atoms with Gasteiger partial charge < -0.3 is 16.4 Å². The van der Waals surface area contributed by atoms with E-state index in [1.807, 2.05) is 11.8 Å². The minimum absolute atomic E-state index is 0.0237. The summed E-state index contributed by atoms with van der Waals surface area (Å²) >= 11 is 0. The highest BCUT2D eigenvalue weighted by atomic mass is 19.1. The van der Waals surface area contributed by atoms with Crippen molar-refractivity contribution in [2.75, 3.05) is 30.7 Å². The number of nitrogen functional groups attached to an aromatic ring is 1. The van der Waals surface area contributed by atoms with Gasteiger partial charge in [0.05, 0.1) is 17.4 Å². The second kappa shape index (κ2) is 6.53. The SMILES string of the molecule is CC1C(=O)NCCN1CCC(=O)Nc1ccc(F)cc1N. The van der Waals surface area contributed by atoms with Gasteiger partial charge in [0.15, 0.2) is 0 Å². The zero-order chi connectivity index (χ0) is 15.4. The maximum atomic E-state index is 12.9. The second-order valence-corrected chi connectivity index (χ2v) is 5.03. The Balaban J connectivity index is 1.86. The van der Waals surface area contributed by atoms with Crippen LogP contribution in [0.4, 0.5) is 15.8 Å². The van der Waals surface area contributed by atoms with E-state index < -0.39 is 5.82 Å². The van der Waals surface area contributed by atoms with Crippen LogP contribution in [0.15, 0.2) is 18.2 Å². The third-order valence-electron chi connectivity index (χ3n) is 3.54. The summed E-state index contributed by atoms with van der Waals surface area (Å²) < 4.78 is 12.9. The van der Waals surface area contributed by atoms with Crippen LogP contribution in [0.1, 0.15) is 13.3 Å². The van der Waals surface area contributed by atoms with Crippen molar-refractivity contribution in [3.8, 4) is 0 Å². The summed E-state index contributed by atoms with van der Waals surface area (Å²) in [6.07, 6.45) is 0.244. The number of nitrogens with zero attached hydrogens (tertiary/aromatic N) is 1. The number of carbonyl (C=O) groups is 2. The number of nitrogens with one attached hydrogen (secondary N) is 2. The number of benzene rings is 1. The average molecular weight is 294 g/mol. The Hall–Kier alpha value is -2.15. The molecule has 0 radical (unpaired) electrons. The standard InChI is InChI=1S/C14H19FN4O2/c1-9-14(21)17-5-7-19(9)6-4-13(20)18-12-3-2-10(15)8-11(12)16/h2-3,8-9H,4-7,16H2,1H3,(H,17,21)(H,18,20). The van der Waals surface area contributed by atoms with Crippen molar-refractivity contribution in [2.45, 2.75) is 19.4 Å². The van der Waals surface area contributed by atoms with Gasteiger partial charge in [0.2, 0.25) is 11.8 Å². The molecule has 1 heterocycles. The van der Waals surface area contributed by atoms with Gasteiger partial charge in [-0.25, -0.2) is 4.39 Å². The third-order valence-corrected chi connectivity index (χ3v) is 3.54. The topological polar surface area (TPSA) is 87.5 Å². The van der Waals surface area contributed by atoms with E-state index in [1.54, 1.807) is 0 Å². The molecule has 6 nitrogen and oxygen atoms in total. The Labute approximate surface area is 122 Å². The van der Waals surface area contributed by atoms with Crippen LogP contribution in [0.5, 0.6) is 0 Å². The van der Waals surface area contributed by atoms with Gasteiger partial charge in [-0.3, -0.25) is 14.5 Å². The summed E-state index contributed by atoms with van der Waals surface area (Å²) in [6.45, 7) is 3.61. The molecule has 0 saturated carbocycles. The molecule has 1 aliphatic rings. The molecule has 0 aliphatic carbocycles. The first-order valence-corrected chi connectivity index (χ1v) is 6.84. The van der Waals surface area contributed by atoms with Crippen LogP contribution in [0.25, 0.3) is 0 Å². The van der Waals surface area contributed by atoms with Gasteiger partial charge in [0.25, 0.3) is 0 Å². The molecule has 0 spiro atoms. The van der Waals surface area contributed by atoms with E-state index in [0.717, 1.165) is 12.6 Å². The molecule has 1 aromatic carbocycles. The van der Waals surface area contributed by atoms with Crippen molar-refractivity contribution in [2.24, 2.45) is 0 Å². The first-order valence-electron chi connectivity index (χ1n) is 6.84. The third kappa shape index (κ3) is 3.91. The highest BCUT2D eigenvalue weighted by Crippen LogP contribution is 2.19. The van der Waals surface area contributed by atoms with Crippen molar-refractivity contribution in [1.82, 2.24) is 10.2 Å². The molecule has 0 bridgehead atoms. The molecular formula is C14H19FN4O2. The molecule has 1 aromatic rings. The molecular weight excluding hydrogens is 275 g/mol. The van der Waals surface area contributed by atoms with Crippen LogP contribution in [0.3, 0.4) is 0 Å². The van der Waals surface area contributed by atoms with Crippen molar-refractivity contribution in [3.05, 3.63) is 24.0 Å². The predicted octanol–water partition coefficient (Wildman–Crippen LogP) is 0.557. The van der Waals surface area contributed by atoms with E-state index in [2.05, 4.69) is 10.6 Å². The van der Waals surface area contributed by atoms with Gasteiger partial charge in [-0.2, -0.15) is 0 Å². The van der Waals surface area contributed by atoms with E-state index in [4.69, 9.17) is 5.73 Å². The number of halogens is 1. The van der Waals surface area contributed by atoms with Crippen LogP contribution >= 0.6 is 0 Å². The fourth-order valence-electron chi connectivity index (χ4n) is 2.24. The highest BCUT2D eigenvalue weighted by molar-refractivity contribution is 5.93. The lowest BCUT2D eigenvalue weighted by molar-refractivity contribution is -0.129. The van der Waals surface area contributed by atoms with Gasteiger partial charge in [-0.05, 0) is 25.1 Å². The van der Waals surface area contributed by atoms with Crippen molar-refractivity contribution < 1.29 is 14.0 Å². The van der Waals surface area contributed by atoms with Gasteiger partial charge in [0.1, 0.15) is 5.82 Å². The maximum absolute atomic E-state index is 12.9. The first kappa shape index (κ1) is 15.2. The summed E-state index contributed by atoms with van der Waals surface area (Å²) in [6, 6.07) is 3.59. The number of amides is 2. The molecule has 2 amide bonds. The number of anilines is 2. The minimum Gasteiger partial charge on any atom is -0.397 e. The molecule has 1 aliphatic heterocycles. The Morgan fingerprint density at radius 2 is 2.33 bits per heavy atom. The molecule has 1 atom stereocenters. The number of hydrogen-bond donors (Lipinski definition) is 3. The summed E-state index contributed by atoms with van der Waals surface area (Å²) in [5, 5.41) is 5.41. The zero-order valence-electron chi connectivity index (χ0n) is 11.9. The number of rotatable bonds is 4. The van der Waals surface area contributed by atoms with Crippen molar-refractivity contribution in [3.63, 3.8) is 0 Å². The zero-order valence-corrected chi connectivity index (χ0v) is 11.9. The fourth-order valence-corrected chi connectivity index (χ4v) is 2.24. The Kier molecular flexibility index (Phi) is 4.74. The minimum atomic E-state index is -0.446. The number of hydrogen-bond acceptors (Lipinski definition) is 4. The van der Waals surface area contributed by atoms with Crippen LogP contribution in [0.2, 0.25) is 0 Å². The molecule has 114 valence electrons. The first-order chi connectivity index (χ1) is 9.97. The number of nitrogens with two attached hydrogens (primary N) is 1. The van der Waals surface area contributed by atoms with Gasteiger partial charge in [-0.1, -0.05) is 0 Å². The van der Waals surface area contributed by atoms with E-state index in [9.17, 15) is 14.0 Å². The molecule has 1 unspecified atom stereocenters. The van der Waals surface area contributed by atoms with E-state index >= 15 is 0 Å².